The van der Waals surface area contributed by atoms with E-state index in [1.807, 2.05) is 6.92 Å². The molecule has 2 unspecified atom stereocenters. The lowest BCUT2D eigenvalue weighted by atomic mass is 10.1. The van der Waals surface area contributed by atoms with E-state index in [2.05, 4.69) is 39.0 Å². The van der Waals surface area contributed by atoms with Crippen molar-refractivity contribution in [1.82, 2.24) is 0 Å². The van der Waals surface area contributed by atoms with Crippen LogP contribution in [0.2, 0.25) is 0 Å². The molecule has 0 radical (unpaired) electrons. The Morgan fingerprint density at radius 3 is 2.88 bits per heavy atom. The van der Waals surface area contributed by atoms with Gasteiger partial charge in [0, 0.05) is 29.3 Å². The number of nitrogens with zero attached hydrogens (tertiary/aromatic N) is 1. The van der Waals surface area contributed by atoms with E-state index in [1.54, 1.807) is 0 Å². The standard InChI is InChI=1S/C13H19BrN2O/c1-9(15)12-5-4-10(7-13(12)14)16-6-2-3-11(17)8-16/h4-5,7,9,11,17H,2-3,6,8,15H2,1H3. The molecule has 94 valence electrons. The van der Waals surface area contributed by atoms with Crippen molar-refractivity contribution in [3.05, 3.63) is 28.2 Å². The lowest BCUT2D eigenvalue weighted by Crippen LogP contribution is -2.38. The van der Waals surface area contributed by atoms with Crippen LogP contribution < -0.4 is 10.6 Å². The molecule has 17 heavy (non-hydrogen) atoms. The van der Waals surface area contributed by atoms with E-state index in [1.165, 1.54) is 0 Å². The van der Waals surface area contributed by atoms with Gasteiger partial charge in [0.05, 0.1) is 6.10 Å². The van der Waals surface area contributed by atoms with Gasteiger partial charge < -0.3 is 15.7 Å². The predicted molar refractivity (Wildman–Crippen MR) is 74.2 cm³/mol. The highest BCUT2D eigenvalue weighted by Gasteiger charge is 2.18. The summed E-state index contributed by atoms with van der Waals surface area (Å²) in [7, 11) is 0. The monoisotopic (exact) mass is 298 g/mol. The topological polar surface area (TPSA) is 49.5 Å². The number of aliphatic hydroxyl groups is 1. The fraction of sp³-hybridized carbons (Fsp3) is 0.538. The molecule has 0 amide bonds. The molecule has 1 aromatic rings. The number of hydrogen-bond acceptors (Lipinski definition) is 3. The summed E-state index contributed by atoms with van der Waals surface area (Å²) >= 11 is 3.56. The van der Waals surface area contributed by atoms with E-state index in [-0.39, 0.29) is 12.1 Å². The van der Waals surface area contributed by atoms with Crippen molar-refractivity contribution in [2.24, 2.45) is 5.73 Å². The van der Waals surface area contributed by atoms with Crippen LogP contribution in [0.3, 0.4) is 0 Å². The van der Waals surface area contributed by atoms with Gasteiger partial charge in [-0.25, -0.2) is 0 Å². The number of β-amino-alcohol motifs (C(OH)–C–C–N with tert-alkyl or cyclic N) is 1. The van der Waals surface area contributed by atoms with Crippen molar-refractivity contribution in [3.8, 4) is 0 Å². The number of hydrogen-bond donors (Lipinski definition) is 2. The van der Waals surface area contributed by atoms with Gasteiger partial charge in [0.2, 0.25) is 0 Å². The molecule has 0 spiro atoms. The van der Waals surface area contributed by atoms with Crippen LogP contribution in [-0.2, 0) is 0 Å². The Bertz CT molecular complexity index is 395. The van der Waals surface area contributed by atoms with Crippen molar-refractivity contribution in [2.45, 2.75) is 31.9 Å². The molecule has 1 fully saturated rings. The van der Waals surface area contributed by atoms with E-state index in [0.717, 1.165) is 41.7 Å². The third kappa shape index (κ3) is 3.00. The summed E-state index contributed by atoms with van der Waals surface area (Å²) in [6, 6.07) is 6.27. The van der Waals surface area contributed by atoms with Crippen molar-refractivity contribution >= 4 is 21.6 Å². The second-order valence-electron chi connectivity index (χ2n) is 4.74. The molecule has 2 rings (SSSR count). The lowest BCUT2D eigenvalue weighted by Gasteiger charge is -2.32. The summed E-state index contributed by atoms with van der Waals surface area (Å²) in [5, 5.41) is 9.68. The average molecular weight is 299 g/mol. The third-order valence-electron chi connectivity index (χ3n) is 3.24. The molecule has 3 nitrogen and oxygen atoms in total. The SMILES string of the molecule is CC(N)c1ccc(N2CCCC(O)C2)cc1Br. The van der Waals surface area contributed by atoms with E-state index < -0.39 is 0 Å². The van der Waals surface area contributed by atoms with Gasteiger partial charge in [0.25, 0.3) is 0 Å². The minimum absolute atomic E-state index is 0.0328. The van der Waals surface area contributed by atoms with E-state index in [9.17, 15) is 5.11 Å². The van der Waals surface area contributed by atoms with Crippen molar-refractivity contribution in [3.63, 3.8) is 0 Å². The number of aliphatic hydroxyl groups excluding tert-OH is 1. The molecular weight excluding hydrogens is 280 g/mol. The number of anilines is 1. The number of halogens is 1. The molecule has 0 bridgehead atoms. The molecule has 3 N–H and O–H groups in total. The van der Waals surface area contributed by atoms with Crippen LogP contribution in [-0.4, -0.2) is 24.3 Å². The molecular formula is C13H19BrN2O. The summed E-state index contributed by atoms with van der Waals surface area (Å²) < 4.78 is 1.05. The molecule has 0 saturated carbocycles. The molecule has 1 saturated heterocycles. The maximum absolute atomic E-state index is 9.68. The largest absolute Gasteiger partial charge is 0.391 e. The van der Waals surface area contributed by atoms with Crippen LogP contribution >= 0.6 is 15.9 Å². The first kappa shape index (κ1) is 12.9. The smallest absolute Gasteiger partial charge is 0.0715 e. The predicted octanol–water partition coefficient (Wildman–Crippen LogP) is 2.43. The minimum atomic E-state index is -0.198. The highest BCUT2D eigenvalue weighted by molar-refractivity contribution is 9.10. The second-order valence-corrected chi connectivity index (χ2v) is 5.59. The van der Waals surface area contributed by atoms with Crippen LogP contribution in [0.5, 0.6) is 0 Å². The normalized spacial score (nSPS) is 22.6. The first-order valence-corrected chi connectivity index (χ1v) is 6.85. The van der Waals surface area contributed by atoms with Gasteiger partial charge in [-0.05, 0) is 37.5 Å². The van der Waals surface area contributed by atoms with Crippen molar-refractivity contribution in [2.75, 3.05) is 18.0 Å². The molecule has 1 aromatic carbocycles. The third-order valence-corrected chi connectivity index (χ3v) is 3.92. The Morgan fingerprint density at radius 2 is 2.29 bits per heavy atom. The van der Waals surface area contributed by atoms with E-state index in [0.29, 0.717) is 0 Å². The van der Waals surface area contributed by atoms with Crippen LogP contribution in [0.4, 0.5) is 5.69 Å². The Balaban J connectivity index is 2.19. The van der Waals surface area contributed by atoms with Gasteiger partial charge >= 0.3 is 0 Å². The summed E-state index contributed by atoms with van der Waals surface area (Å²) in [4.78, 5) is 2.23. The average Bonchev–Trinajstić information content (AvgIpc) is 2.28. The van der Waals surface area contributed by atoms with Crippen molar-refractivity contribution < 1.29 is 5.11 Å². The van der Waals surface area contributed by atoms with Crippen LogP contribution in [0.1, 0.15) is 31.4 Å². The zero-order valence-electron chi connectivity index (χ0n) is 10.1. The summed E-state index contributed by atoms with van der Waals surface area (Å²) in [5.41, 5.74) is 8.15. The van der Waals surface area contributed by atoms with Gasteiger partial charge in [-0.2, -0.15) is 0 Å². The Hall–Kier alpha value is -0.580. The Labute approximate surface area is 111 Å². The summed E-state index contributed by atoms with van der Waals surface area (Å²) in [6.45, 7) is 3.72. The first-order chi connectivity index (χ1) is 8.08. The van der Waals surface area contributed by atoms with Crippen LogP contribution in [0, 0.1) is 0 Å². The van der Waals surface area contributed by atoms with E-state index in [4.69, 9.17) is 5.73 Å². The van der Waals surface area contributed by atoms with Gasteiger partial charge in [0.15, 0.2) is 0 Å². The molecule has 0 aromatic heterocycles. The highest BCUT2D eigenvalue weighted by Crippen LogP contribution is 2.28. The number of nitrogens with two attached hydrogens (primary N) is 1. The maximum Gasteiger partial charge on any atom is 0.0715 e. The number of rotatable bonds is 2. The summed E-state index contributed by atoms with van der Waals surface area (Å²) in [6.07, 6.45) is 1.76. The van der Waals surface area contributed by atoms with Gasteiger partial charge in [-0.15, -0.1) is 0 Å². The van der Waals surface area contributed by atoms with Crippen molar-refractivity contribution in [1.29, 1.82) is 0 Å². The molecule has 1 aliphatic heterocycles. The zero-order chi connectivity index (χ0) is 12.4. The highest BCUT2D eigenvalue weighted by atomic mass is 79.9. The number of piperidine rings is 1. The Kier molecular flexibility index (Phi) is 4.07. The zero-order valence-corrected chi connectivity index (χ0v) is 11.7. The van der Waals surface area contributed by atoms with E-state index >= 15 is 0 Å². The number of benzene rings is 1. The van der Waals surface area contributed by atoms with Gasteiger partial charge in [-0.1, -0.05) is 22.0 Å². The quantitative estimate of drug-likeness (QED) is 0.882. The maximum atomic E-state index is 9.68. The fourth-order valence-electron chi connectivity index (χ4n) is 2.27. The first-order valence-electron chi connectivity index (χ1n) is 6.06. The Morgan fingerprint density at radius 1 is 1.53 bits per heavy atom. The molecule has 2 atom stereocenters. The van der Waals surface area contributed by atoms with Crippen LogP contribution in [0.25, 0.3) is 0 Å². The second kappa shape index (κ2) is 5.38. The molecule has 4 heteroatoms. The lowest BCUT2D eigenvalue weighted by molar-refractivity contribution is 0.154. The molecule has 1 heterocycles. The molecule has 0 aliphatic carbocycles. The molecule has 1 aliphatic rings. The van der Waals surface area contributed by atoms with Gasteiger partial charge in [0.1, 0.15) is 0 Å². The van der Waals surface area contributed by atoms with Gasteiger partial charge in [-0.3, -0.25) is 0 Å². The van der Waals surface area contributed by atoms with Crippen LogP contribution in [0.15, 0.2) is 22.7 Å². The minimum Gasteiger partial charge on any atom is -0.391 e. The summed E-state index contributed by atoms with van der Waals surface area (Å²) in [5.74, 6) is 0. The fourth-order valence-corrected chi connectivity index (χ4v) is 3.00.